The van der Waals surface area contributed by atoms with Crippen LogP contribution in [-0.2, 0) is 7.05 Å². The molecular weight excluding hydrogens is 464 g/mol. The lowest BCUT2D eigenvalue weighted by Gasteiger charge is -2.14. The first-order chi connectivity index (χ1) is 17.0. The van der Waals surface area contributed by atoms with Crippen LogP contribution in [0.5, 0.6) is 0 Å². The van der Waals surface area contributed by atoms with E-state index in [0.29, 0.717) is 11.1 Å². The highest BCUT2D eigenvalue weighted by Gasteiger charge is 2.22. The minimum atomic E-state index is -0.837. The minimum Gasteiger partial charge on any atom is -0.293 e. The predicted molar refractivity (Wildman–Crippen MR) is 149 cm³/mol. The summed E-state index contributed by atoms with van der Waals surface area (Å²) in [7, 11) is 1.49. The van der Waals surface area contributed by atoms with Crippen molar-refractivity contribution in [2.75, 3.05) is 0 Å². The average Bonchev–Trinajstić information content (AvgIpc) is 2.85. The first kappa shape index (κ1) is 37.1. The van der Waals surface area contributed by atoms with Crippen LogP contribution in [0.3, 0.4) is 0 Å². The number of aliphatic imine (C=N–C) groups is 1. The van der Waals surface area contributed by atoms with Gasteiger partial charge in [0.15, 0.2) is 6.47 Å². The molecule has 0 unspecified atom stereocenters. The zero-order valence-corrected chi connectivity index (χ0v) is 23.6. The van der Waals surface area contributed by atoms with Gasteiger partial charge in [-0.1, -0.05) is 83.6 Å². The summed E-state index contributed by atoms with van der Waals surface area (Å²) in [6, 6.07) is 0. The fourth-order valence-corrected chi connectivity index (χ4v) is 2.60. The number of ketones is 1. The number of carbonyl (C=O) groups excluding carboxylic acids is 1. The van der Waals surface area contributed by atoms with Crippen LogP contribution in [-0.4, -0.2) is 21.8 Å². The Morgan fingerprint density at radius 3 is 1.94 bits per heavy atom. The van der Waals surface area contributed by atoms with Gasteiger partial charge >= 0.3 is 5.69 Å². The van der Waals surface area contributed by atoms with E-state index in [1.165, 1.54) is 17.7 Å². The highest BCUT2D eigenvalue weighted by molar-refractivity contribution is 6.08. The number of carbonyl (C=O) groups is 1. The molecule has 0 amide bonds. The highest BCUT2D eigenvalue weighted by atomic mass is 19.1. The Bertz CT molecular complexity index is 1080. The molecule has 0 aliphatic heterocycles. The number of Topliss-reactive ketones (excluding diaryl/α,β-unsaturated/α-hetero) is 1. The van der Waals surface area contributed by atoms with Gasteiger partial charge in [-0.05, 0) is 45.3 Å². The van der Waals surface area contributed by atoms with Crippen LogP contribution >= 0.6 is 0 Å². The number of aromatic amines is 1. The number of hydrogen-bond acceptors (Lipinski definition) is 4. The summed E-state index contributed by atoms with van der Waals surface area (Å²) in [6.07, 6.45) is 11.5. The number of hydrogen-bond donors (Lipinski definition) is 1. The fourth-order valence-electron chi connectivity index (χ4n) is 2.60. The van der Waals surface area contributed by atoms with Crippen molar-refractivity contribution in [3.8, 4) is 0 Å². The van der Waals surface area contributed by atoms with Crippen LogP contribution in [0.1, 0.15) is 91.2 Å². The Morgan fingerprint density at radius 2 is 1.50 bits per heavy atom. The molecule has 1 rings (SSSR count). The van der Waals surface area contributed by atoms with E-state index in [1.54, 1.807) is 26.0 Å². The molecule has 0 saturated carbocycles. The molecule has 0 radical (unpaired) electrons. The van der Waals surface area contributed by atoms with Crippen LogP contribution in [0.4, 0.5) is 8.78 Å². The maximum absolute atomic E-state index is 12.8. The van der Waals surface area contributed by atoms with Gasteiger partial charge in [-0.15, -0.1) is 0 Å². The molecule has 0 atom stereocenters. The van der Waals surface area contributed by atoms with Crippen LogP contribution < -0.4 is 11.2 Å². The van der Waals surface area contributed by atoms with Crippen molar-refractivity contribution in [2.45, 2.75) is 75.2 Å². The number of aromatic nitrogens is 2. The summed E-state index contributed by atoms with van der Waals surface area (Å²) in [5, 5.41) is 0. The zero-order chi connectivity index (χ0) is 28.8. The van der Waals surface area contributed by atoms with Gasteiger partial charge in [0.25, 0.3) is 5.56 Å². The molecule has 0 spiro atoms. The molecule has 6 nitrogen and oxygen atoms in total. The Balaban J connectivity index is -0.000000701. The number of halogens is 2. The Kier molecular flexibility index (Phi) is 22.8. The zero-order valence-electron chi connectivity index (χ0n) is 23.6. The lowest BCUT2D eigenvalue weighted by molar-refractivity contribution is 0.102. The van der Waals surface area contributed by atoms with E-state index in [1.807, 2.05) is 73.6 Å². The van der Waals surface area contributed by atoms with Crippen molar-refractivity contribution < 1.29 is 13.6 Å². The normalized spacial score (nSPS) is 12.2. The first-order valence-electron chi connectivity index (χ1n) is 12.0. The molecule has 0 aromatic carbocycles. The minimum absolute atomic E-state index is 0.0880. The van der Waals surface area contributed by atoms with E-state index in [9.17, 15) is 23.2 Å². The molecule has 1 N–H and O–H groups in total. The van der Waals surface area contributed by atoms with Gasteiger partial charge in [-0.2, -0.15) is 13.8 Å². The van der Waals surface area contributed by atoms with Gasteiger partial charge in [0, 0.05) is 12.6 Å². The number of nitrogens with zero attached hydrogens (tertiary/aromatic N) is 2. The number of H-pyrrole nitrogens is 1. The maximum Gasteiger partial charge on any atom is 0.328 e. The van der Waals surface area contributed by atoms with Crippen molar-refractivity contribution in [3.63, 3.8) is 0 Å². The Morgan fingerprint density at radius 1 is 1.00 bits per heavy atom. The molecule has 0 aliphatic carbocycles. The second-order valence-electron chi connectivity index (χ2n) is 7.07. The topological polar surface area (TPSA) is 84.3 Å². The molecule has 1 aromatic rings. The van der Waals surface area contributed by atoms with Crippen LogP contribution in [0.2, 0.25) is 0 Å². The van der Waals surface area contributed by atoms with Crippen LogP contribution in [0, 0.1) is 0 Å². The summed E-state index contributed by atoms with van der Waals surface area (Å²) in [5.41, 5.74) is 0.791. The van der Waals surface area contributed by atoms with Gasteiger partial charge in [-0.3, -0.25) is 19.1 Å². The third kappa shape index (κ3) is 14.1. The molecule has 1 heterocycles. The molecule has 202 valence electrons. The third-order valence-electron chi connectivity index (χ3n) is 4.10. The van der Waals surface area contributed by atoms with Crippen LogP contribution in [0.15, 0.2) is 74.2 Å². The maximum atomic E-state index is 12.8. The Labute approximate surface area is 214 Å². The van der Waals surface area contributed by atoms with Crippen molar-refractivity contribution in [3.05, 3.63) is 91.7 Å². The third-order valence-corrected chi connectivity index (χ3v) is 4.10. The summed E-state index contributed by atoms with van der Waals surface area (Å²) >= 11 is 0. The highest BCUT2D eigenvalue weighted by Crippen LogP contribution is 2.17. The van der Waals surface area contributed by atoms with Crippen molar-refractivity contribution in [1.82, 2.24) is 9.55 Å². The average molecular weight is 508 g/mol. The molecule has 1 aromatic heterocycles. The van der Waals surface area contributed by atoms with Gasteiger partial charge in [-0.25, -0.2) is 4.79 Å². The second kappa shape index (κ2) is 22.1. The van der Waals surface area contributed by atoms with E-state index in [2.05, 4.69) is 9.98 Å². The fraction of sp³-hybridized carbons (Fsp3) is 0.429. The molecule has 0 saturated heterocycles. The lowest BCUT2D eigenvalue weighted by Crippen LogP contribution is -2.36. The van der Waals surface area contributed by atoms with Gasteiger partial charge in [0.2, 0.25) is 11.7 Å². The van der Waals surface area contributed by atoms with Crippen molar-refractivity contribution in [1.29, 1.82) is 0 Å². The second-order valence-corrected chi connectivity index (χ2v) is 7.07. The van der Waals surface area contributed by atoms with E-state index in [4.69, 9.17) is 0 Å². The molecule has 36 heavy (non-hydrogen) atoms. The van der Waals surface area contributed by atoms with Gasteiger partial charge < -0.3 is 0 Å². The number of allylic oxidation sites excluding steroid dienone is 9. The Hall–Kier alpha value is -3.42. The molecule has 0 bridgehead atoms. The van der Waals surface area contributed by atoms with Gasteiger partial charge in [0.05, 0.1) is 0 Å². The van der Waals surface area contributed by atoms with Crippen LogP contribution in [0.25, 0.3) is 0 Å². The largest absolute Gasteiger partial charge is 0.328 e. The summed E-state index contributed by atoms with van der Waals surface area (Å²) in [5.74, 6) is -1.32. The number of nitrogens with one attached hydrogen (secondary N) is 1. The molecule has 0 aliphatic rings. The summed E-state index contributed by atoms with van der Waals surface area (Å²) in [4.78, 5) is 41.7. The van der Waals surface area contributed by atoms with E-state index in [0.717, 1.165) is 11.6 Å². The monoisotopic (exact) mass is 507 g/mol. The van der Waals surface area contributed by atoms with Crippen molar-refractivity contribution >= 4 is 12.3 Å². The summed E-state index contributed by atoms with van der Waals surface area (Å²) < 4.78 is 24.2. The molecular formula is C28H43F2N3O3. The van der Waals surface area contributed by atoms with Crippen molar-refractivity contribution in [2.24, 2.45) is 12.0 Å². The standard InChI is InChI=1S/C18H24N2O3.C6H7F2N.2C2H6/c1-7-8-9-12(4)10-13(5)16(21)15-14(11(2)3)17(22)19-18(23)20(15)6;1-2-3-4-6(8)9-5-7;2*1-2/h7-11H,1-6H3,(H,19,22,23);2-5H,1H3;2*1-2H3/b8-7-,12-9-,13-10+;3-2-,6-4-,9-5+;;. The van der Waals surface area contributed by atoms with E-state index in [-0.39, 0.29) is 23.9 Å². The molecule has 8 heteroatoms. The predicted octanol–water partition coefficient (Wildman–Crippen LogP) is 7.27. The quantitative estimate of drug-likeness (QED) is 0.138. The lowest BCUT2D eigenvalue weighted by atomic mass is 9.97. The molecule has 0 fully saturated rings. The van der Waals surface area contributed by atoms with Gasteiger partial charge in [0.1, 0.15) is 5.69 Å². The van der Waals surface area contributed by atoms with E-state index >= 15 is 0 Å². The summed E-state index contributed by atoms with van der Waals surface area (Å²) in [6.45, 7) is 18.8. The first-order valence-corrected chi connectivity index (χ1v) is 12.0. The SMILES string of the molecule is CC.CC.C\C=C/C=C(C)\C=C(/C)C(=O)c1c(C(C)C)c(=O)[nH]c(=O)n1C.C\C=C/C=C(F)\N=C\F. The van der Waals surface area contributed by atoms with E-state index < -0.39 is 17.2 Å². The smallest absolute Gasteiger partial charge is 0.293 e. The number of rotatable bonds is 7.